The number of pyridine rings is 1. The van der Waals surface area contributed by atoms with Crippen molar-refractivity contribution >= 4 is 26.0 Å². The van der Waals surface area contributed by atoms with Crippen LogP contribution in [-0.2, 0) is 10.0 Å². The fraction of sp³-hybridized carbons (Fsp3) is 0.167. The van der Waals surface area contributed by atoms with Crippen LogP contribution in [0.1, 0.15) is 12.0 Å². The van der Waals surface area contributed by atoms with Gasteiger partial charge in [0.15, 0.2) is 0 Å². The molecule has 1 aromatic heterocycles. The summed E-state index contributed by atoms with van der Waals surface area (Å²) in [7, 11) is -4.35. The lowest BCUT2D eigenvalue weighted by molar-refractivity contribution is 0.146. The minimum atomic E-state index is -4.35. The average molecular weight is 303 g/mol. The van der Waals surface area contributed by atoms with Gasteiger partial charge in [-0.3, -0.25) is 4.79 Å². The Kier molecular flexibility index (Phi) is 3.26. The Morgan fingerprint density at radius 3 is 2.40 bits per heavy atom. The Balaban J connectivity index is 3.70. The number of sulfonamides is 1. The normalized spacial score (nSPS) is 12.1. The molecule has 0 saturated heterocycles. The molecule has 1 rings (SSSR count). The van der Waals surface area contributed by atoms with E-state index in [2.05, 4.69) is 15.9 Å². The highest BCUT2D eigenvalue weighted by Crippen LogP contribution is 2.29. The molecular weight excluding hydrogens is 298 g/mol. The van der Waals surface area contributed by atoms with Gasteiger partial charge in [0.05, 0.1) is 15.1 Å². The molecule has 5 nitrogen and oxygen atoms in total. The summed E-state index contributed by atoms with van der Waals surface area (Å²) in [5.41, 5.74) is -1.69. The van der Waals surface area contributed by atoms with Crippen LogP contribution in [0.2, 0.25) is 0 Å². The van der Waals surface area contributed by atoms with Gasteiger partial charge in [-0.1, -0.05) is 0 Å². The van der Waals surface area contributed by atoms with Gasteiger partial charge in [-0.25, -0.2) is 22.3 Å². The maximum atomic E-state index is 12.5. The van der Waals surface area contributed by atoms with Gasteiger partial charge in [-0.15, -0.1) is 0 Å². The van der Waals surface area contributed by atoms with E-state index in [4.69, 9.17) is 5.14 Å². The zero-order chi connectivity index (χ0) is 11.8. The van der Waals surface area contributed by atoms with Crippen LogP contribution in [0.25, 0.3) is 0 Å². The predicted molar refractivity (Wildman–Crippen MR) is 51.1 cm³/mol. The van der Waals surface area contributed by atoms with Gasteiger partial charge in [-0.2, -0.15) is 0 Å². The standard InChI is InChI=1S/C6H5BrF2N2O3S/c7-5-4(6(8)9)2(15(10,13)14)1-3(12)11-5/h1,6H,(H,11,12)(H2,10,13,14). The molecule has 0 atom stereocenters. The Hall–Kier alpha value is -0.800. The largest absolute Gasteiger partial charge is 0.316 e. The van der Waals surface area contributed by atoms with Crippen LogP contribution in [-0.4, -0.2) is 13.4 Å². The van der Waals surface area contributed by atoms with E-state index >= 15 is 0 Å². The number of aromatic nitrogens is 1. The molecule has 0 aliphatic heterocycles. The van der Waals surface area contributed by atoms with Crippen LogP contribution in [0.4, 0.5) is 8.78 Å². The predicted octanol–water partition coefficient (Wildman–Crippen LogP) is 0.722. The summed E-state index contributed by atoms with van der Waals surface area (Å²) < 4.78 is 46.4. The van der Waals surface area contributed by atoms with Crippen molar-refractivity contribution in [1.82, 2.24) is 4.98 Å². The summed E-state index contributed by atoms with van der Waals surface area (Å²) in [6.07, 6.45) is -3.07. The van der Waals surface area contributed by atoms with Crippen molar-refractivity contribution in [3.8, 4) is 0 Å². The first-order valence-electron chi connectivity index (χ1n) is 3.47. The van der Waals surface area contributed by atoms with Crippen LogP contribution in [0.3, 0.4) is 0 Å². The summed E-state index contributed by atoms with van der Waals surface area (Å²) in [4.78, 5) is 12.0. The molecule has 0 bridgehead atoms. The number of H-pyrrole nitrogens is 1. The molecule has 0 spiro atoms. The first-order valence-corrected chi connectivity index (χ1v) is 5.81. The van der Waals surface area contributed by atoms with Crippen molar-refractivity contribution in [3.05, 3.63) is 26.6 Å². The van der Waals surface area contributed by atoms with E-state index in [9.17, 15) is 22.0 Å². The number of aromatic amines is 1. The number of primary sulfonamides is 1. The molecule has 15 heavy (non-hydrogen) atoms. The number of hydrogen-bond donors (Lipinski definition) is 2. The number of hydrogen-bond acceptors (Lipinski definition) is 3. The Morgan fingerprint density at radius 1 is 1.47 bits per heavy atom. The van der Waals surface area contributed by atoms with E-state index in [1.54, 1.807) is 0 Å². The second-order valence-corrected chi connectivity index (χ2v) is 4.89. The highest BCUT2D eigenvalue weighted by Gasteiger charge is 2.24. The van der Waals surface area contributed by atoms with E-state index in [0.717, 1.165) is 0 Å². The van der Waals surface area contributed by atoms with Crippen molar-refractivity contribution in [1.29, 1.82) is 0 Å². The number of alkyl halides is 2. The number of nitrogens with two attached hydrogens (primary N) is 1. The molecular formula is C6H5BrF2N2O3S. The number of nitrogens with one attached hydrogen (secondary N) is 1. The molecule has 0 amide bonds. The second-order valence-electron chi connectivity index (χ2n) is 2.57. The summed E-state index contributed by atoms with van der Waals surface area (Å²) >= 11 is 2.64. The zero-order valence-corrected chi connectivity index (χ0v) is 9.40. The van der Waals surface area contributed by atoms with Crippen LogP contribution in [0, 0.1) is 0 Å². The molecule has 0 fully saturated rings. The summed E-state index contributed by atoms with van der Waals surface area (Å²) in [6.45, 7) is 0. The molecule has 1 aromatic rings. The van der Waals surface area contributed by atoms with Crippen LogP contribution in [0.5, 0.6) is 0 Å². The van der Waals surface area contributed by atoms with Crippen molar-refractivity contribution in [2.75, 3.05) is 0 Å². The number of rotatable bonds is 2. The highest BCUT2D eigenvalue weighted by molar-refractivity contribution is 9.10. The maximum absolute atomic E-state index is 12.5. The van der Waals surface area contributed by atoms with Gasteiger partial charge in [-0.05, 0) is 15.9 Å². The highest BCUT2D eigenvalue weighted by atomic mass is 79.9. The van der Waals surface area contributed by atoms with Gasteiger partial charge >= 0.3 is 0 Å². The van der Waals surface area contributed by atoms with Crippen molar-refractivity contribution in [3.63, 3.8) is 0 Å². The van der Waals surface area contributed by atoms with Crippen LogP contribution >= 0.6 is 15.9 Å². The topological polar surface area (TPSA) is 93.0 Å². The molecule has 0 aliphatic rings. The van der Waals surface area contributed by atoms with Crippen LogP contribution < -0.4 is 10.7 Å². The fourth-order valence-electron chi connectivity index (χ4n) is 0.955. The smallest absolute Gasteiger partial charge is 0.267 e. The molecule has 1 heterocycles. The van der Waals surface area contributed by atoms with E-state index in [1.807, 2.05) is 4.98 Å². The molecule has 84 valence electrons. The number of halogens is 3. The monoisotopic (exact) mass is 302 g/mol. The molecule has 0 unspecified atom stereocenters. The van der Waals surface area contributed by atoms with Crippen LogP contribution in [0.15, 0.2) is 20.4 Å². The minimum Gasteiger partial charge on any atom is -0.316 e. The molecule has 9 heteroatoms. The van der Waals surface area contributed by atoms with Gasteiger partial charge in [0.2, 0.25) is 15.6 Å². The lowest BCUT2D eigenvalue weighted by Crippen LogP contribution is -2.20. The van der Waals surface area contributed by atoms with E-state index in [0.29, 0.717) is 6.07 Å². The Morgan fingerprint density at radius 2 is 2.00 bits per heavy atom. The maximum Gasteiger partial charge on any atom is 0.267 e. The third-order valence-electron chi connectivity index (χ3n) is 1.52. The SMILES string of the molecule is NS(=O)(=O)c1cc(=O)[nH]c(Br)c1C(F)F. The lowest BCUT2D eigenvalue weighted by atomic mass is 10.3. The van der Waals surface area contributed by atoms with E-state index in [-0.39, 0.29) is 0 Å². The minimum absolute atomic E-state index is 0.394. The third-order valence-corrected chi connectivity index (χ3v) is 3.10. The second kappa shape index (κ2) is 3.99. The molecule has 0 saturated carbocycles. The lowest BCUT2D eigenvalue weighted by Gasteiger charge is -2.07. The quantitative estimate of drug-likeness (QED) is 0.788. The van der Waals surface area contributed by atoms with Gasteiger partial charge in [0.25, 0.3) is 6.43 Å². The zero-order valence-electron chi connectivity index (χ0n) is 7.00. The van der Waals surface area contributed by atoms with Crippen molar-refractivity contribution < 1.29 is 17.2 Å². The Labute approximate surface area is 91.5 Å². The summed E-state index contributed by atoms with van der Waals surface area (Å²) in [5, 5.41) is 4.70. The third kappa shape index (κ3) is 2.61. The van der Waals surface area contributed by atoms with Crippen molar-refractivity contribution in [2.24, 2.45) is 5.14 Å². The van der Waals surface area contributed by atoms with E-state index < -0.39 is 37.1 Å². The fourth-order valence-corrected chi connectivity index (χ4v) is 2.44. The molecule has 3 N–H and O–H groups in total. The van der Waals surface area contributed by atoms with Gasteiger partial charge < -0.3 is 4.98 Å². The first-order chi connectivity index (χ1) is 6.73. The van der Waals surface area contributed by atoms with Crippen molar-refractivity contribution in [2.45, 2.75) is 11.3 Å². The first kappa shape index (κ1) is 12.3. The summed E-state index contributed by atoms with van der Waals surface area (Å²) in [5.74, 6) is 0. The molecule has 0 aliphatic carbocycles. The average Bonchev–Trinajstić information content (AvgIpc) is 1.99. The van der Waals surface area contributed by atoms with E-state index in [1.165, 1.54) is 0 Å². The summed E-state index contributed by atoms with van der Waals surface area (Å²) in [6, 6.07) is 0.515. The van der Waals surface area contributed by atoms with Gasteiger partial charge in [0, 0.05) is 6.07 Å². The Bertz CT molecular complexity index is 540. The molecule has 0 radical (unpaired) electrons. The molecule has 0 aromatic carbocycles. The van der Waals surface area contributed by atoms with Gasteiger partial charge in [0.1, 0.15) is 0 Å².